The Labute approximate surface area is 169 Å². The van der Waals surface area contributed by atoms with Gasteiger partial charge in [0, 0.05) is 12.2 Å². The van der Waals surface area contributed by atoms with Crippen LogP contribution in [0.1, 0.15) is 24.5 Å². The minimum absolute atomic E-state index is 0.0363. The molecule has 0 aliphatic carbocycles. The van der Waals surface area contributed by atoms with Crippen molar-refractivity contribution in [1.29, 1.82) is 5.26 Å². The van der Waals surface area contributed by atoms with Crippen LogP contribution in [0.3, 0.4) is 0 Å². The summed E-state index contributed by atoms with van der Waals surface area (Å²) in [5.74, 6) is -0.578. The molecular weight excluding hydrogens is 370 g/mol. The second kappa shape index (κ2) is 8.77. The van der Waals surface area contributed by atoms with Gasteiger partial charge in [-0.25, -0.2) is 0 Å². The molecule has 142 valence electrons. The van der Waals surface area contributed by atoms with Crippen LogP contribution in [0.2, 0.25) is 0 Å². The molecule has 2 aromatic carbocycles. The molecule has 0 saturated carbocycles. The number of benzene rings is 2. The third kappa shape index (κ3) is 4.10. The number of amides is 2. The fraction of sp³-hybridized carbons (Fsp3) is 0.227. The highest BCUT2D eigenvalue weighted by molar-refractivity contribution is 8.05. The number of carbonyl (C=O) groups is 2. The van der Waals surface area contributed by atoms with Crippen molar-refractivity contribution in [3.63, 3.8) is 0 Å². The van der Waals surface area contributed by atoms with Gasteiger partial charge in [0.2, 0.25) is 5.91 Å². The van der Waals surface area contributed by atoms with Crippen LogP contribution in [0.25, 0.3) is 0 Å². The Morgan fingerprint density at radius 2 is 1.86 bits per heavy atom. The van der Waals surface area contributed by atoms with Crippen molar-refractivity contribution in [1.82, 2.24) is 5.32 Å². The fourth-order valence-electron chi connectivity index (χ4n) is 2.91. The summed E-state index contributed by atoms with van der Waals surface area (Å²) in [4.78, 5) is 27.1. The molecule has 28 heavy (non-hydrogen) atoms. The van der Waals surface area contributed by atoms with E-state index in [4.69, 9.17) is 0 Å². The molecule has 5 nitrogen and oxygen atoms in total. The van der Waals surface area contributed by atoms with Gasteiger partial charge in [0.05, 0.1) is 5.25 Å². The van der Waals surface area contributed by atoms with Gasteiger partial charge in [-0.15, -0.1) is 0 Å². The molecule has 1 heterocycles. The Kier molecular flexibility index (Phi) is 6.17. The summed E-state index contributed by atoms with van der Waals surface area (Å²) in [6.45, 7) is 4.21. The highest BCUT2D eigenvalue weighted by Gasteiger charge is 2.39. The lowest BCUT2D eigenvalue weighted by molar-refractivity contribution is -0.117. The van der Waals surface area contributed by atoms with E-state index in [2.05, 4.69) is 5.32 Å². The summed E-state index contributed by atoms with van der Waals surface area (Å²) >= 11 is 1.28. The molecule has 1 saturated heterocycles. The molecule has 1 fully saturated rings. The first-order valence-electron chi connectivity index (χ1n) is 9.09. The standard InChI is InChI=1S/C22H21N3O2S/c1-3-19-21(27)25(17-11-9-15(2)10-12-17)22(28-19)18(13-23)20(26)24-14-16-7-5-4-6-8-16/h4-12,19H,3,14H2,1-2H3,(H,24,26)/b22-18+/t19-/m1/s1. The molecule has 0 spiro atoms. The number of anilines is 1. The van der Waals surface area contributed by atoms with Gasteiger partial charge in [-0.3, -0.25) is 14.5 Å². The summed E-state index contributed by atoms with van der Waals surface area (Å²) in [7, 11) is 0. The Bertz CT molecular complexity index is 946. The summed E-state index contributed by atoms with van der Waals surface area (Å²) in [5, 5.41) is 12.6. The quantitative estimate of drug-likeness (QED) is 0.620. The van der Waals surface area contributed by atoms with Crippen molar-refractivity contribution in [3.05, 3.63) is 76.3 Å². The maximum Gasteiger partial charge on any atom is 0.264 e. The number of nitrogens with zero attached hydrogens (tertiary/aromatic N) is 2. The monoisotopic (exact) mass is 391 g/mol. The first-order chi connectivity index (χ1) is 13.5. The third-order valence-corrected chi connectivity index (χ3v) is 5.89. The van der Waals surface area contributed by atoms with E-state index in [0.29, 0.717) is 23.7 Å². The van der Waals surface area contributed by atoms with Gasteiger partial charge in [0.1, 0.15) is 16.7 Å². The first-order valence-corrected chi connectivity index (χ1v) is 9.97. The highest BCUT2D eigenvalue weighted by atomic mass is 32.2. The van der Waals surface area contributed by atoms with E-state index < -0.39 is 5.91 Å². The van der Waals surface area contributed by atoms with Crippen molar-refractivity contribution in [2.45, 2.75) is 32.1 Å². The van der Waals surface area contributed by atoms with Gasteiger partial charge >= 0.3 is 0 Å². The zero-order chi connectivity index (χ0) is 20.1. The van der Waals surface area contributed by atoms with Crippen molar-refractivity contribution in [2.75, 3.05) is 4.90 Å². The van der Waals surface area contributed by atoms with Crippen LogP contribution < -0.4 is 10.2 Å². The summed E-state index contributed by atoms with van der Waals surface area (Å²) in [6, 6.07) is 19.0. The maximum absolute atomic E-state index is 12.9. The number of nitriles is 1. The molecule has 1 aliphatic rings. The molecule has 0 radical (unpaired) electrons. The topological polar surface area (TPSA) is 73.2 Å². The lowest BCUT2D eigenvalue weighted by atomic mass is 10.2. The molecule has 1 atom stereocenters. The SMILES string of the molecule is CC[C@H]1S/C(=C(\C#N)C(=O)NCc2ccccc2)N(c2ccc(C)cc2)C1=O. The Morgan fingerprint density at radius 1 is 1.18 bits per heavy atom. The normalized spacial score (nSPS) is 18.0. The molecule has 0 aromatic heterocycles. The van der Waals surface area contributed by atoms with Gasteiger partial charge in [0.25, 0.3) is 5.91 Å². The largest absolute Gasteiger partial charge is 0.347 e. The van der Waals surface area contributed by atoms with Crippen LogP contribution in [0.5, 0.6) is 0 Å². The van der Waals surface area contributed by atoms with Gasteiger partial charge in [-0.1, -0.05) is 66.7 Å². The molecular formula is C22H21N3O2S. The molecule has 1 N–H and O–H groups in total. The van der Waals surface area contributed by atoms with Crippen LogP contribution >= 0.6 is 11.8 Å². The average molecular weight is 391 g/mol. The zero-order valence-electron chi connectivity index (χ0n) is 15.8. The summed E-state index contributed by atoms with van der Waals surface area (Å²) < 4.78 is 0. The highest BCUT2D eigenvalue weighted by Crippen LogP contribution is 2.41. The Hall–Kier alpha value is -3.04. The van der Waals surface area contributed by atoms with E-state index in [9.17, 15) is 14.9 Å². The zero-order valence-corrected chi connectivity index (χ0v) is 16.6. The Morgan fingerprint density at radius 3 is 2.46 bits per heavy atom. The minimum atomic E-state index is -0.476. The van der Waals surface area contributed by atoms with Crippen molar-refractivity contribution >= 4 is 29.3 Å². The van der Waals surface area contributed by atoms with Crippen molar-refractivity contribution in [2.24, 2.45) is 0 Å². The number of aryl methyl sites for hydroxylation is 1. The molecule has 0 unspecified atom stereocenters. The smallest absolute Gasteiger partial charge is 0.264 e. The number of carbonyl (C=O) groups excluding carboxylic acids is 2. The molecule has 1 aliphatic heterocycles. The molecule has 3 rings (SSSR count). The fourth-order valence-corrected chi connectivity index (χ4v) is 4.11. The summed E-state index contributed by atoms with van der Waals surface area (Å²) in [5.41, 5.74) is 2.64. The lowest BCUT2D eigenvalue weighted by Gasteiger charge is -2.19. The van der Waals surface area contributed by atoms with E-state index in [0.717, 1.165) is 11.1 Å². The lowest BCUT2D eigenvalue weighted by Crippen LogP contribution is -2.31. The second-order valence-corrected chi connectivity index (χ2v) is 7.68. The minimum Gasteiger partial charge on any atom is -0.347 e. The Balaban J connectivity index is 1.93. The van der Waals surface area contributed by atoms with Crippen molar-refractivity contribution in [3.8, 4) is 6.07 Å². The molecule has 2 amide bonds. The van der Waals surface area contributed by atoms with E-state index in [1.165, 1.54) is 16.7 Å². The number of nitrogens with one attached hydrogen (secondary N) is 1. The number of rotatable bonds is 5. The molecule has 2 aromatic rings. The predicted octanol–water partition coefficient (Wildman–Crippen LogP) is 3.91. The van der Waals surface area contributed by atoms with Gasteiger partial charge in [0.15, 0.2) is 0 Å². The van der Waals surface area contributed by atoms with Crippen LogP contribution in [0.4, 0.5) is 5.69 Å². The maximum atomic E-state index is 12.9. The van der Waals surface area contributed by atoms with E-state index in [-0.39, 0.29) is 16.7 Å². The number of thioether (sulfide) groups is 1. The van der Waals surface area contributed by atoms with Crippen LogP contribution in [0.15, 0.2) is 65.2 Å². The van der Waals surface area contributed by atoms with E-state index in [1.54, 1.807) is 0 Å². The van der Waals surface area contributed by atoms with Crippen molar-refractivity contribution < 1.29 is 9.59 Å². The summed E-state index contributed by atoms with van der Waals surface area (Å²) in [6.07, 6.45) is 0.625. The second-order valence-electron chi connectivity index (χ2n) is 6.48. The average Bonchev–Trinajstić information content (AvgIpc) is 3.04. The number of hydrogen-bond acceptors (Lipinski definition) is 4. The van der Waals surface area contributed by atoms with E-state index in [1.807, 2.05) is 74.5 Å². The van der Waals surface area contributed by atoms with Gasteiger partial charge < -0.3 is 5.32 Å². The molecule has 6 heteroatoms. The first kappa shape index (κ1) is 19.7. The van der Waals surface area contributed by atoms with Gasteiger partial charge in [-0.2, -0.15) is 5.26 Å². The van der Waals surface area contributed by atoms with Gasteiger partial charge in [-0.05, 0) is 31.0 Å². The van der Waals surface area contributed by atoms with E-state index >= 15 is 0 Å². The van der Waals surface area contributed by atoms with Crippen LogP contribution in [-0.2, 0) is 16.1 Å². The van der Waals surface area contributed by atoms with Crippen LogP contribution in [0, 0.1) is 18.3 Å². The third-order valence-electron chi connectivity index (χ3n) is 4.46. The number of hydrogen-bond donors (Lipinski definition) is 1. The van der Waals surface area contributed by atoms with Crippen LogP contribution in [-0.4, -0.2) is 17.1 Å². The molecule has 0 bridgehead atoms. The predicted molar refractivity (Wildman–Crippen MR) is 111 cm³/mol.